The second kappa shape index (κ2) is 11.4. The Hall–Kier alpha value is -3.48. The minimum absolute atomic E-state index is 0.0540. The third-order valence-corrected chi connectivity index (χ3v) is 12.0. The van der Waals surface area contributed by atoms with Crippen LogP contribution in [0.3, 0.4) is 0 Å². The first-order chi connectivity index (χ1) is 20.9. The number of likely N-dealkylation sites (tertiary alicyclic amines) is 1. The van der Waals surface area contributed by atoms with Gasteiger partial charge in [0.05, 0.1) is 22.2 Å². The average Bonchev–Trinajstić information content (AvgIpc) is 3.91. The van der Waals surface area contributed by atoms with Gasteiger partial charge in [0.15, 0.2) is 9.84 Å². The van der Waals surface area contributed by atoms with Crippen molar-refractivity contribution in [1.82, 2.24) is 20.9 Å². The molecule has 0 bridgehead atoms. The number of hydrogen-bond acceptors (Lipinski definition) is 7. The van der Waals surface area contributed by atoms with Crippen molar-refractivity contribution in [2.75, 3.05) is 12.3 Å². The first-order valence-electron chi connectivity index (χ1n) is 15.7. The molecule has 4 fully saturated rings. The Bertz CT molecular complexity index is 1490. The fraction of sp³-hybridized carbons (Fsp3) is 0.656. The number of benzene rings is 1. The largest absolute Gasteiger partial charge is 0.363 e. The Morgan fingerprint density at radius 2 is 1.64 bits per heavy atom. The van der Waals surface area contributed by atoms with Crippen LogP contribution < -0.4 is 21.7 Å². The van der Waals surface area contributed by atoms with Crippen molar-refractivity contribution in [1.29, 1.82) is 0 Å². The lowest BCUT2D eigenvalue weighted by atomic mass is 9.85. The molecule has 12 nitrogen and oxygen atoms in total. The first-order valence-corrected chi connectivity index (χ1v) is 17.3. The van der Waals surface area contributed by atoms with Crippen molar-refractivity contribution < 1.29 is 32.4 Å². The lowest BCUT2D eigenvalue weighted by Crippen LogP contribution is -2.62. The number of nitrogens with two attached hydrogens (primary N) is 1. The number of piperidine rings is 1. The van der Waals surface area contributed by atoms with Gasteiger partial charge in [-0.1, -0.05) is 65.7 Å². The van der Waals surface area contributed by atoms with E-state index in [1.165, 1.54) is 17.0 Å². The van der Waals surface area contributed by atoms with E-state index in [0.717, 1.165) is 12.8 Å². The maximum atomic E-state index is 14.2. The van der Waals surface area contributed by atoms with E-state index in [-0.39, 0.29) is 33.8 Å². The number of nitrogens with one attached hydrogen (secondary N) is 3. The maximum absolute atomic E-state index is 14.2. The summed E-state index contributed by atoms with van der Waals surface area (Å²) in [7, 11) is -3.66. The predicted octanol–water partition coefficient (Wildman–Crippen LogP) is 1.53. The van der Waals surface area contributed by atoms with Gasteiger partial charge >= 0.3 is 6.03 Å². The summed E-state index contributed by atoms with van der Waals surface area (Å²) < 4.78 is 26.0. The highest BCUT2D eigenvalue weighted by Crippen LogP contribution is 2.65. The Morgan fingerprint density at radius 3 is 2.18 bits per heavy atom. The number of carbonyl (C=O) groups excluding carboxylic acids is 5. The lowest BCUT2D eigenvalue weighted by molar-refractivity contribution is -0.145. The molecule has 3 aliphatic carbocycles. The molecule has 4 aliphatic rings. The average molecular weight is 644 g/mol. The van der Waals surface area contributed by atoms with Gasteiger partial charge in [-0.05, 0) is 60.0 Å². The van der Waals surface area contributed by atoms with Gasteiger partial charge in [0, 0.05) is 6.54 Å². The van der Waals surface area contributed by atoms with E-state index in [1.807, 2.05) is 13.8 Å². The van der Waals surface area contributed by atoms with E-state index in [9.17, 15) is 32.4 Å². The summed E-state index contributed by atoms with van der Waals surface area (Å²) in [5.41, 5.74) is 3.37. The molecule has 0 spiro atoms. The molecule has 13 heteroatoms. The molecule has 45 heavy (non-hydrogen) atoms. The molecule has 5 amide bonds. The predicted molar refractivity (Wildman–Crippen MR) is 165 cm³/mol. The molecule has 3 unspecified atom stereocenters. The smallest absolute Gasteiger partial charge is 0.315 e. The Kier molecular flexibility index (Phi) is 8.33. The Morgan fingerprint density at radius 1 is 1.02 bits per heavy atom. The molecule has 1 aromatic rings. The number of urea groups is 1. The zero-order valence-electron chi connectivity index (χ0n) is 26.6. The summed E-state index contributed by atoms with van der Waals surface area (Å²) in [6.07, 6.45) is 3.11. The van der Waals surface area contributed by atoms with Crippen LogP contribution in [0, 0.1) is 28.6 Å². The Balaban J connectivity index is 1.30. The van der Waals surface area contributed by atoms with Gasteiger partial charge in [-0.25, -0.2) is 13.2 Å². The molecule has 5 N–H and O–H groups in total. The lowest BCUT2D eigenvalue weighted by Gasteiger charge is -2.38. The van der Waals surface area contributed by atoms with E-state index >= 15 is 0 Å². The molecular weight excluding hydrogens is 598 g/mol. The number of sulfone groups is 1. The Labute approximate surface area is 264 Å². The van der Waals surface area contributed by atoms with Crippen molar-refractivity contribution in [3.8, 4) is 0 Å². The molecule has 5 rings (SSSR count). The fourth-order valence-corrected chi connectivity index (χ4v) is 8.74. The molecule has 0 radical (unpaired) electrons. The minimum atomic E-state index is -3.66. The molecule has 246 valence electrons. The monoisotopic (exact) mass is 643 g/mol. The standard InChI is InChI=1S/C32H45N5O7S/c1-30(2,3)25(35-29(42)36-32(13-14-32)17-45(43,44)19-9-7-6-8-10-19)28(41)37-16-20-22(31(20,4)5)23(37)27(40)34-21(15-18-11-12-18)24(38)26(33)39/h6-10,18,20-23,25H,11-17H2,1-5H3,(H2,33,39)(H,34,40)(H2,35,36,42)/t20?,21?,22-,23?,25-/m1/s1. The maximum Gasteiger partial charge on any atom is 0.315 e. The van der Waals surface area contributed by atoms with Crippen molar-refractivity contribution in [2.45, 2.75) is 95.3 Å². The summed E-state index contributed by atoms with van der Waals surface area (Å²) in [6, 6.07) is 4.42. The van der Waals surface area contributed by atoms with Crippen LogP contribution in [0.5, 0.6) is 0 Å². The number of ketones is 1. The highest BCUT2D eigenvalue weighted by atomic mass is 32.2. The zero-order valence-corrected chi connectivity index (χ0v) is 27.4. The van der Waals surface area contributed by atoms with E-state index < -0.39 is 68.5 Å². The topological polar surface area (TPSA) is 185 Å². The molecule has 1 aromatic carbocycles. The van der Waals surface area contributed by atoms with Gasteiger partial charge in [-0.3, -0.25) is 19.2 Å². The van der Waals surface area contributed by atoms with Gasteiger partial charge in [-0.15, -0.1) is 0 Å². The molecule has 0 aromatic heterocycles. The van der Waals surface area contributed by atoms with E-state index in [4.69, 9.17) is 5.73 Å². The van der Waals surface area contributed by atoms with Gasteiger partial charge in [0.2, 0.25) is 17.6 Å². The highest BCUT2D eigenvalue weighted by Gasteiger charge is 2.70. The number of nitrogens with zero attached hydrogens (tertiary/aromatic N) is 1. The summed E-state index contributed by atoms with van der Waals surface area (Å²) in [6.45, 7) is 9.78. The quantitative estimate of drug-likeness (QED) is 0.249. The van der Waals surface area contributed by atoms with E-state index in [2.05, 4.69) is 16.0 Å². The van der Waals surface area contributed by atoms with Crippen LogP contribution in [0.4, 0.5) is 4.79 Å². The third-order valence-electron chi connectivity index (χ3n) is 10.1. The number of carbonyl (C=O) groups is 5. The van der Waals surface area contributed by atoms with Crippen molar-refractivity contribution in [3.63, 3.8) is 0 Å². The number of amides is 5. The number of fused-ring (bicyclic) bond motifs is 1. The van der Waals surface area contributed by atoms with E-state index in [0.29, 0.717) is 25.8 Å². The van der Waals surface area contributed by atoms with Crippen molar-refractivity contribution in [3.05, 3.63) is 30.3 Å². The summed E-state index contributed by atoms with van der Waals surface area (Å²) in [5.74, 6) is -3.05. The van der Waals surface area contributed by atoms with Crippen LogP contribution in [0.2, 0.25) is 0 Å². The molecule has 1 aliphatic heterocycles. The minimum Gasteiger partial charge on any atom is -0.363 e. The zero-order chi connectivity index (χ0) is 33.1. The summed E-state index contributed by atoms with van der Waals surface area (Å²) in [5, 5.41) is 8.35. The van der Waals surface area contributed by atoms with Crippen LogP contribution in [0.15, 0.2) is 35.2 Å². The fourth-order valence-electron chi connectivity index (χ4n) is 6.91. The highest BCUT2D eigenvalue weighted by molar-refractivity contribution is 7.91. The molecule has 1 saturated heterocycles. The molecular formula is C32H45N5O7S. The summed E-state index contributed by atoms with van der Waals surface area (Å²) >= 11 is 0. The second-order valence-corrected chi connectivity index (χ2v) is 17.1. The first kappa shape index (κ1) is 32.9. The van der Waals surface area contributed by atoms with Crippen LogP contribution >= 0.6 is 0 Å². The van der Waals surface area contributed by atoms with E-state index in [1.54, 1.807) is 39.0 Å². The van der Waals surface area contributed by atoms with Gasteiger partial charge < -0.3 is 26.6 Å². The SMILES string of the molecule is CC(C)(C)[C@H](NC(=O)NC1(CS(=O)(=O)c2ccccc2)CC1)C(=O)N1CC2[C@H](C1C(=O)NC(CC1CC1)C(=O)C(N)=O)C2(C)C. The number of hydrogen-bond donors (Lipinski definition) is 4. The number of Topliss-reactive ketones (excluding diaryl/α,β-unsaturated/α-hetero) is 1. The normalized spacial score (nSPS) is 25.7. The van der Waals surface area contributed by atoms with Gasteiger partial charge in [-0.2, -0.15) is 0 Å². The second-order valence-electron chi connectivity index (χ2n) is 15.1. The number of rotatable bonds is 12. The van der Waals surface area contributed by atoms with Crippen LogP contribution in [0.1, 0.15) is 66.7 Å². The van der Waals surface area contributed by atoms with Gasteiger partial charge in [0.1, 0.15) is 12.1 Å². The third kappa shape index (κ3) is 6.87. The summed E-state index contributed by atoms with van der Waals surface area (Å²) in [4.78, 5) is 67.3. The van der Waals surface area contributed by atoms with Gasteiger partial charge in [0.25, 0.3) is 5.91 Å². The van der Waals surface area contributed by atoms with Crippen LogP contribution in [-0.4, -0.2) is 78.8 Å². The van der Waals surface area contributed by atoms with Crippen molar-refractivity contribution in [2.24, 2.45) is 34.3 Å². The van der Waals surface area contributed by atoms with Crippen molar-refractivity contribution >= 4 is 39.4 Å². The van der Waals surface area contributed by atoms with Crippen LogP contribution in [0.25, 0.3) is 0 Å². The number of primary amides is 1. The molecule has 1 heterocycles. The molecule has 3 saturated carbocycles. The molecule has 5 atom stereocenters. The van der Waals surface area contributed by atoms with Crippen LogP contribution in [-0.2, 0) is 29.0 Å².